The van der Waals surface area contributed by atoms with Crippen LogP contribution in [0.1, 0.15) is 75.6 Å². The molecule has 0 saturated carbocycles. The molecule has 2 aromatic carbocycles. The first kappa shape index (κ1) is 29.7. The van der Waals surface area contributed by atoms with Gasteiger partial charge in [0.1, 0.15) is 11.5 Å². The lowest BCUT2D eigenvalue weighted by Gasteiger charge is -2.24. The number of allylic oxidation sites excluding steroid dienone is 2. The smallest absolute Gasteiger partial charge is 0.127 e. The number of aromatic hydroxyl groups is 2. The summed E-state index contributed by atoms with van der Waals surface area (Å²) >= 11 is 0. The van der Waals surface area contributed by atoms with Crippen LogP contribution in [0.4, 0.5) is 0 Å². The summed E-state index contributed by atoms with van der Waals surface area (Å²) < 4.78 is 0. The van der Waals surface area contributed by atoms with E-state index in [9.17, 15) is 10.2 Å². The van der Waals surface area contributed by atoms with E-state index in [-0.39, 0.29) is 0 Å². The molecule has 0 unspecified atom stereocenters. The maximum absolute atomic E-state index is 11.5. The number of phenolic OH excluding ortho intramolecular Hbond substituents is 2. The van der Waals surface area contributed by atoms with E-state index in [1.54, 1.807) is 0 Å². The molecule has 0 heterocycles. The first-order chi connectivity index (χ1) is 17.4. The van der Waals surface area contributed by atoms with E-state index in [4.69, 9.17) is 0 Å². The van der Waals surface area contributed by atoms with Crippen molar-refractivity contribution in [2.45, 2.75) is 79.3 Å². The van der Waals surface area contributed by atoms with Crippen LogP contribution in [-0.4, -0.2) is 46.2 Å². The van der Waals surface area contributed by atoms with E-state index in [0.29, 0.717) is 24.5 Å². The molecular formula is C32H48N2O2. The molecule has 0 aliphatic heterocycles. The maximum Gasteiger partial charge on any atom is 0.127 e. The average molecular weight is 493 g/mol. The molecule has 0 aliphatic rings. The normalized spacial score (nSPS) is 11.4. The van der Waals surface area contributed by atoms with Crippen molar-refractivity contribution < 1.29 is 10.2 Å². The van der Waals surface area contributed by atoms with Crippen molar-refractivity contribution in [2.75, 3.05) is 26.2 Å². The lowest BCUT2D eigenvalue weighted by molar-refractivity contribution is 0.262. The molecule has 0 amide bonds. The largest absolute Gasteiger partial charge is 0.507 e. The summed E-state index contributed by atoms with van der Waals surface area (Å²) in [6.45, 7) is 22.0. The van der Waals surface area contributed by atoms with Gasteiger partial charge in [0.25, 0.3) is 0 Å². The van der Waals surface area contributed by atoms with E-state index in [0.717, 1.165) is 98.2 Å². The second-order valence-corrected chi connectivity index (χ2v) is 9.83. The molecule has 2 rings (SSSR count). The molecule has 0 fully saturated rings. The molecule has 0 aliphatic carbocycles. The average Bonchev–Trinajstić information content (AvgIpc) is 2.84. The van der Waals surface area contributed by atoms with Crippen LogP contribution in [0.3, 0.4) is 0 Å². The predicted octanol–water partition coefficient (Wildman–Crippen LogP) is 7.47. The van der Waals surface area contributed by atoms with Crippen molar-refractivity contribution in [2.24, 2.45) is 0 Å². The minimum Gasteiger partial charge on any atom is -0.507 e. The summed E-state index contributed by atoms with van der Waals surface area (Å²) in [7, 11) is 0. The second kappa shape index (κ2) is 15.5. The fourth-order valence-electron chi connectivity index (χ4n) is 5.02. The lowest BCUT2D eigenvalue weighted by Crippen LogP contribution is -2.25. The number of benzene rings is 2. The summed E-state index contributed by atoms with van der Waals surface area (Å²) in [4.78, 5) is 4.80. The Bertz CT molecular complexity index is 971. The Kier molecular flexibility index (Phi) is 12.8. The number of hydrogen-bond acceptors (Lipinski definition) is 4. The molecular weight excluding hydrogens is 444 g/mol. The Morgan fingerprint density at radius 1 is 0.639 bits per heavy atom. The van der Waals surface area contributed by atoms with Crippen molar-refractivity contribution in [3.05, 3.63) is 71.8 Å². The zero-order valence-corrected chi connectivity index (χ0v) is 23.2. The van der Waals surface area contributed by atoms with Crippen LogP contribution in [0.15, 0.2) is 49.6 Å². The first-order valence-corrected chi connectivity index (χ1v) is 13.8. The van der Waals surface area contributed by atoms with Crippen LogP contribution in [-0.2, 0) is 25.9 Å². The van der Waals surface area contributed by atoms with Gasteiger partial charge in [0.2, 0.25) is 0 Å². The van der Waals surface area contributed by atoms with Crippen LogP contribution < -0.4 is 0 Å². The Labute approximate surface area is 220 Å². The van der Waals surface area contributed by atoms with Gasteiger partial charge in [0, 0.05) is 29.8 Å². The Hall–Kier alpha value is -2.56. The Balaban J connectivity index is 2.64. The number of rotatable bonds is 17. The summed E-state index contributed by atoms with van der Waals surface area (Å²) in [6.07, 6.45) is 9.36. The van der Waals surface area contributed by atoms with Gasteiger partial charge in [0.05, 0.1) is 0 Å². The van der Waals surface area contributed by atoms with Crippen molar-refractivity contribution >= 4 is 0 Å². The van der Waals surface area contributed by atoms with E-state index in [1.165, 1.54) is 0 Å². The molecule has 0 radical (unpaired) electrons. The Morgan fingerprint density at radius 2 is 1.11 bits per heavy atom. The van der Waals surface area contributed by atoms with Crippen molar-refractivity contribution in [3.63, 3.8) is 0 Å². The summed E-state index contributed by atoms with van der Waals surface area (Å²) in [5.74, 6) is 0.676. The van der Waals surface area contributed by atoms with Crippen LogP contribution in [0, 0.1) is 0 Å². The van der Waals surface area contributed by atoms with Gasteiger partial charge in [-0.1, -0.05) is 45.9 Å². The molecule has 0 saturated heterocycles. The van der Waals surface area contributed by atoms with Gasteiger partial charge < -0.3 is 10.2 Å². The van der Waals surface area contributed by atoms with Crippen LogP contribution in [0.5, 0.6) is 11.5 Å². The summed E-state index contributed by atoms with van der Waals surface area (Å²) in [5, 5.41) is 22.6. The molecule has 0 aromatic heterocycles. The third kappa shape index (κ3) is 8.25. The van der Waals surface area contributed by atoms with Gasteiger partial charge in [-0.3, -0.25) is 9.80 Å². The fraction of sp³-hybridized carbons (Fsp3) is 0.500. The van der Waals surface area contributed by atoms with Gasteiger partial charge in [0.15, 0.2) is 0 Å². The van der Waals surface area contributed by atoms with Crippen molar-refractivity contribution in [1.82, 2.24) is 9.80 Å². The van der Waals surface area contributed by atoms with Gasteiger partial charge in [-0.25, -0.2) is 0 Å². The molecule has 0 atom stereocenters. The van der Waals surface area contributed by atoms with Gasteiger partial charge >= 0.3 is 0 Å². The number of hydrogen-bond donors (Lipinski definition) is 2. The molecule has 0 spiro atoms. The fourth-order valence-corrected chi connectivity index (χ4v) is 5.02. The van der Waals surface area contributed by atoms with Crippen LogP contribution in [0.2, 0.25) is 0 Å². The van der Waals surface area contributed by atoms with Crippen LogP contribution in [0.25, 0.3) is 11.1 Å². The zero-order valence-electron chi connectivity index (χ0n) is 23.2. The topological polar surface area (TPSA) is 46.9 Å². The lowest BCUT2D eigenvalue weighted by atomic mass is 9.92. The zero-order chi connectivity index (χ0) is 26.5. The molecule has 0 bridgehead atoms. The SMILES string of the molecule is C=CCc1cc(CN(CCC)CCC)c(O)c(-c2cc(CC=C)c(O)c(CN(CCC)CCC)c2)c1. The summed E-state index contributed by atoms with van der Waals surface area (Å²) in [5.41, 5.74) is 5.60. The monoisotopic (exact) mass is 492 g/mol. The maximum atomic E-state index is 11.5. The first-order valence-electron chi connectivity index (χ1n) is 13.8. The number of phenols is 2. The highest BCUT2D eigenvalue weighted by Gasteiger charge is 2.18. The highest BCUT2D eigenvalue weighted by Crippen LogP contribution is 2.38. The molecule has 4 heteroatoms. The van der Waals surface area contributed by atoms with Gasteiger partial charge in [-0.15, -0.1) is 13.2 Å². The molecule has 4 nitrogen and oxygen atoms in total. The standard InChI is InChI=1S/C32H48N2O2/c1-7-13-25-19-28(23-33(15-9-3)16-10-4)32(36)30(20-25)27-21-26(14-8-2)31(35)29(22-27)24-34(17-11-5)18-12-6/h7-8,19-22,35-36H,1-2,9-18,23-24H2,3-6H3. The molecule has 36 heavy (non-hydrogen) atoms. The van der Waals surface area contributed by atoms with E-state index in [2.05, 4.69) is 68.9 Å². The molecule has 198 valence electrons. The Morgan fingerprint density at radius 3 is 1.58 bits per heavy atom. The van der Waals surface area contributed by atoms with Crippen LogP contribution >= 0.6 is 0 Å². The van der Waals surface area contributed by atoms with E-state index in [1.807, 2.05) is 18.2 Å². The van der Waals surface area contributed by atoms with E-state index < -0.39 is 0 Å². The second-order valence-electron chi connectivity index (χ2n) is 9.83. The quantitative estimate of drug-likeness (QED) is 0.225. The summed E-state index contributed by atoms with van der Waals surface area (Å²) in [6, 6.07) is 8.27. The molecule has 2 N–H and O–H groups in total. The minimum atomic E-state index is 0.334. The third-order valence-corrected chi connectivity index (χ3v) is 6.52. The van der Waals surface area contributed by atoms with Gasteiger partial charge in [-0.05, 0) is 99.6 Å². The highest BCUT2D eigenvalue weighted by molar-refractivity contribution is 5.75. The van der Waals surface area contributed by atoms with E-state index >= 15 is 0 Å². The third-order valence-electron chi connectivity index (χ3n) is 6.52. The van der Waals surface area contributed by atoms with Crippen molar-refractivity contribution in [1.29, 1.82) is 0 Å². The number of nitrogens with zero attached hydrogens (tertiary/aromatic N) is 2. The van der Waals surface area contributed by atoms with Gasteiger partial charge in [-0.2, -0.15) is 0 Å². The molecule has 2 aromatic rings. The predicted molar refractivity (Wildman–Crippen MR) is 155 cm³/mol. The van der Waals surface area contributed by atoms with Crippen molar-refractivity contribution in [3.8, 4) is 22.6 Å². The highest BCUT2D eigenvalue weighted by atomic mass is 16.3. The minimum absolute atomic E-state index is 0.334.